The highest BCUT2D eigenvalue weighted by Crippen LogP contribution is 2.40. The van der Waals surface area contributed by atoms with Crippen molar-refractivity contribution in [2.24, 2.45) is 0 Å². The number of ether oxygens (including phenoxy) is 2. The number of amides is 1. The molecule has 1 heterocycles. The first-order valence-electron chi connectivity index (χ1n) is 7.62. The van der Waals surface area contributed by atoms with Crippen LogP contribution in [0.2, 0.25) is 0 Å². The van der Waals surface area contributed by atoms with Crippen molar-refractivity contribution < 1.29 is 19.1 Å². The van der Waals surface area contributed by atoms with Crippen molar-refractivity contribution in [1.29, 1.82) is 0 Å². The van der Waals surface area contributed by atoms with Gasteiger partial charge in [0.1, 0.15) is 11.7 Å². The van der Waals surface area contributed by atoms with E-state index in [0.717, 1.165) is 0 Å². The minimum atomic E-state index is -0.543. The number of thiol groups is 1. The molecule has 1 amide bonds. The van der Waals surface area contributed by atoms with E-state index in [0.29, 0.717) is 12.8 Å². The van der Waals surface area contributed by atoms with Crippen LogP contribution in [-0.4, -0.2) is 45.5 Å². The molecule has 1 fully saturated rings. The summed E-state index contributed by atoms with van der Waals surface area (Å²) in [6, 6.07) is 0. The quantitative estimate of drug-likeness (QED) is 0.622. The Labute approximate surface area is 139 Å². The van der Waals surface area contributed by atoms with Crippen LogP contribution in [0, 0.1) is 0 Å². The Morgan fingerprint density at radius 2 is 1.59 bits per heavy atom. The Balaban J connectivity index is 2.97. The molecule has 0 radical (unpaired) electrons. The van der Waals surface area contributed by atoms with Gasteiger partial charge >= 0.3 is 12.1 Å². The van der Waals surface area contributed by atoms with Crippen molar-refractivity contribution >= 4 is 24.7 Å². The molecule has 0 aromatic rings. The van der Waals surface area contributed by atoms with E-state index in [1.807, 2.05) is 48.5 Å². The minimum absolute atomic E-state index is 0.0626. The molecule has 0 bridgehead atoms. The number of piperidine rings is 1. The Bertz CT molecular complexity index is 422. The number of nitrogens with zero attached hydrogens (tertiary/aromatic N) is 1. The van der Waals surface area contributed by atoms with E-state index in [4.69, 9.17) is 9.47 Å². The van der Waals surface area contributed by atoms with Crippen LogP contribution in [-0.2, 0) is 14.3 Å². The fourth-order valence-electron chi connectivity index (χ4n) is 3.30. The van der Waals surface area contributed by atoms with Crippen molar-refractivity contribution in [3.63, 3.8) is 0 Å². The van der Waals surface area contributed by atoms with Crippen LogP contribution in [0.25, 0.3) is 0 Å². The largest absolute Gasteiger partial charge is 0.462 e. The van der Waals surface area contributed by atoms with Gasteiger partial charge in [0.05, 0.1) is 5.75 Å². The molecule has 128 valence electrons. The SMILES string of the molecule is CC(C)(C)OC(=O)N1C(C)(C)CC(OC(=O)CS)CC1(C)C. The topological polar surface area (TPSA) is 55.8 Å². The van der Waals surface area contributed by atoms with Gasteiger partial charge in [-0.2, -0.15) is 12.6 Å². The van der Waals surface area contributed by atoms with Gasteiger partial charge in [0.25, 0.3) is 0 Å². The molecule has 0 saturated carbocycles. The third-order valence-corrected chi connectivity index (χ3v) is 3.93. The van der Waals surface area contributed by atoms with Crippen molar-refractivity contribution in [2.45, 2.75) is 84.1 Å². The monoisotopic (exact) mass is 331 g/mol. The second-order valence-electron chi connectivity index (χ2n) is 8.12. The van der Waals surface area contributed by atoms with Crippen molar-refractivity contribution in [3.05, 3.63) is 0 Å². The van der Waals surface area contributed by atoms with Gasteiger partial charge in [-0.3, -0.25) is 9.69 Å². The van der Waals surface area contributed by atoms with E-state index in [1.54, 1.807) is 4.90 Å². The zero-order valence-corrected chi connectivity index (χ0v) is 15.6. The van der Waals surface area contributed by atoms with Gasteiger partial charge < -0.3 is 9.47 Å². The number of carbonyl (C=O) groups is 2. The average molecular weight is 331 g/mol. The Morgan fingerprint density at radius 3 is 1.95 bits per heavy atom. The fraction of sp³-hybridized carbons (Fsp3) is 0.875. The van der Waals surface area contributed by atoms with Crippen LogP contribution < -0.4 is 0 Å². The molecule has 0 aliphatic carbocycles. The van der Waals surface area contributed by atoms with E-state index in [-0.39, 0.29) is 23.9 Å². The van der Waals surface area contributed by atoms with Gasteiger partial charge in [0.2, 0.25) is 0 Å². The predicted molar refractivity (Wildman–Crippen MR) is 89.2 cm³/mol. The number of hydrogen-bond donors (Lipinski definition) is 1. The number of likely N-dealkylation sites (tertiary alicyclic amines) is 1. The second-order valence-corrected chi connectivity index (χ2v) is 8.44. The summed E-state index contributed by atoms with van der Waals surface area (Å²) in [7, 11) is 0. The molecule has 0 unspecified atom stereocenters. The van der Waals surface area contributed by atoms with Crippen LogP contribution in [0.5, 0.6) is 0 Å². The molecule has 0 atom stereocenters. The van der Waals surface area contributed by atoms with Crippen LogP contribution in [0.15, 0.2) is 0 Å². The van der Waals surface area contributed by atoms with E-state index >= 15 is 0 Å². The molecule has 1 aliphatic heterocycles. The van der Waals surface area contributed by atoms with Gasteiger partial charge in [0.15, 0.2) is 0 Å². The molecule has 6 heteroatoms. The molecular weight excluding hydrogens is 302 g/mol. The van der Waals surface area contributed by atoms with Crippen molar-refractivity contribution in [2.75, 3.05) is 5.75 Å². The molecule has 0 N–H and O–H groups in total. The molecular formula is C16H29NO4S. The summed E-state index contributed by atoms with van der Waals surface area (Å²) in [5.74, 6) is -0.265. The predicted octanol–water partition coefficient (Wildman–Crippen LogP) is 3.42. The highest BCUT2D eigenvalue weighted by molar-refractivity contribution is 7.81. The standard InChI is InChI=1S/C16H29NO4S/c1-14(2,3)21-13(19)17-15(4,5)8-11(9-16(17,6)7)20-12(18)10-22/h11,22H,8-10H2,1-7H3. The Kier molecular flexibility index (Phi) is 5.48. The molecule has 0 aromatic carbocycles. The summed E-state index contributed by atoms with van der Waals surface area (Å²) in [6.45, 7) is 13.4. The van der Waals surface area contributed by atoms with Crippen LogP contribution >= 0.6 is 12.6 Å². The summed E-state index contributed by atoms with van der Waals surface area (Å²) >= 11 is 3.94. The summed E-state index contributed by atoms with van der Waals surface area (Å²) in [4.78, 5) is 25.9. The van der Waals surface area contributed by atoms with Gasteiger partial charge in [-0.05, 0) is 48.5 Å². The molecule has 22 heavy (non-hydrogen) atoms. The second kappa shape index (κ2) is 6.30. The van der Waals surface area contributed by atoms with Gasteiger partial charge in [-0.25, -0.2) is 4.79 Å². The van der Waals surface area contributed by atoms with E-state index in [9.17, 15) is 9.59 Å². The minimum Gasteiger partial charge on any atom is -0.462 e. The molecule has 1 rings (SSSR count). The highest BCUT2D eigenvalue weighted by atomic mass is 32.1. The van der Waals surface area contributed by atoms with Gasteiger partial charge in [-0.1, -0.05) is 0 Å². The number of hydrogen-bond acceptors (Lipinski definition) is 5. The molecule has 1 aliphatic rings. The fourth-order valence-corrected chi connectivity index (χ4v) is 3.37. The van der Waals surface area contributed by atoms with Gasteiger partial charge in [-0.15, -0.1) is 0 Å². The third kappa shape index (κ3) is 4.80. The zero-order chi connectivity index (χ0) is 17.3. The first-order valence-corrected chi connectivity index (χ1v) is 8.25. The summed E-state index contributed by atoms with van der Waals surface area (Å²) < 4.78 is 11.0. The molecule has 1 saturated heterocycles. The maximum absolute atomic E-state index is 12.6. The Morgan fingerprint density at radius 1 is 1.14 bits per heavy atom. The first-order chi connectivity index (χ1) is 9.78. The van der Waals surface area contributed by atoms with E-state index in [2.05, 4.69) is 12.6 Å². The van der Waals surface area contributed by atoms with Crippen LogP contribution in [0.1, 0.15) is 61.3 Å². The van der Waals surface area contributed by atoms with Gasteiger partial charge in [0, 0.05) is 23.9 Å². The van der Waals surface area contributed by atoms with Crippen LogP contribution in [0.3, 0.4) is 0 Å². The summed E-state index contributed by atoms with van der Waals surface area (Å²) in [6.07, 6.45) is 0.606. The van der Waals surface area contributed by atoms with E-state index in [1.165, 1.54) is 0 Å². The Hall–Kier alpha value is -0.910. The smallest absolute Gasteiger partial charge is 0.411 e. The lowest BCUT2D eigenvalue weighted by Crippen LogP contribution is -2.65. The van der Waals surface area contributed by atoms with Crippen molar-refractivity contribution in [1.82, 2.24) is 4.90 Å². The lowest BCUT2D eigenvalue weighted by molar-refractivity contribution is -0.155. The maximum Gasteiger partial charge on any atom is 0.411 e. The molecule has 0 aromatic heterocycles. The number of esters is 1. The summed E-state index contributed by atoms with van der Waals surface area (Å²) in [5, 5.41) is 0. The highest BCUT2D eigenvalue weighted by Gasteiger charge is 2.50. The maximum atomic E-state index is 12.6. The summed E-state index contributed by atoms with van der Waals surface area (Å²) in [5.41, 5.74) is -1.48. The molecule has 0 spiro atoms. The lowest BCUT2D eigenvalue weighted by Gasteiger charge is -2.54. The first kappa shape index (κ1) is 19.1. The molecule has 5 nitrogen and oxygen atoms in total. The van der Waals surface area contributed by atoms with Crippen LogP contribution in [0.4, 0.5) is 4.79 Å². The number of rotatable bonds is 2. The average Bonchev–Trinajstić information content (AvgIpc) is 2.21. The van der Waals surface area contributed by atoms with Crippen molar-refractivity contribution in [3.8, 4) is 0 Å². The number of carbonyl (C=O) groups excluding carboxylic acids is 2. The lowest BCUT2D eigenvalue weighted by atomic mass is 9.78. The van der Waals surface area contributed by atoms with E-state index < -0.39 is 16.7 Å². The normalized spacial score (nSPS) is 21.4. The zero-order valence-electron chi connectivity index (χ0n) is 14.7. The third-order valence-electron chi connectivity index (χ3n) is 3.67.